The molecule has 90 valence electrons. The Morgan fingerprint density at radius 3 is 2.47 bits per heavy atom. The van der Waals surface area contributed by atoms with Gasteiger partial charge in [0.25, 0.3) is 0 Å². The molecule has 5 nitrogen and oxygen atoms in total. The quantitative estimate of drug-likeness (QED) is 0.876. The lowest BCUT2D eigenvalue weighted by atomic mass is 10.3. The van der Waals surface area contributed by atoms with E-state index in [1.54, 1.807) is 6.92 Å². The summed E-state index contributed by atoms with van der Waals surface area (Å²) in [5.41, 5.74) is 6.46. The highest BCUT2D eigenvalue weighted by molar-refractivity contribution is 9.11. The summed E-state index contributed by atoms with van der Waals surface area (Å²) in [5.74, 6) is 0.399. The summed E-state index contributed by atoms with van der Waals surface area (Å²) in [6.07, 6.45) is 0. The van der Waals surface area contributed by atoms with Crippen LogP contribution in [0.25, 0.3) is 0 Å². The van der Waals surface area contributed by atoms with E-state index in [1.807, 2.05) is 18.2 Å². The van der Waals surface area contributed by atoms with E-state index in [0.717, 1.165) is 14.6 Å². The number of nitrogens with one attached hydrogen (secondary N) is 1. The number of anilines is 2. The number of aromatic nitrogens is 2. The Morgan fingerprint density at radius 2 is 1.94 bits per heavy atom. The molecule has 2 aromatic rings. The fourth-order valence-electron chi connectivity index (χ4n) is 1.19. The summed E-state index contributed by atoms with van der Waals surface area (Å²) in [4.78, 5) is 0. The van der Waals surface area contributed by atoms with Gasteiger partial charge in [-0.15, -0.1) is 5.10 Å². The Hall–Kier alpha value is -0.920. The van der Waals surface area contributed by atoms with Crippen LogP contribution in [0.1, 0.15) is 18.9 Å². The maximum atomic E-state index is 5.64. The maximum Gasteiger partial charge on any atom is 0.320 e. The van der Waals surface area contributed by atoms with Crippen molar-refractivity contribution in [1.29, 1.82) is 0 Å². The number of rotatable bonds is 3. The first kappa shape index (κ1) is 12.5. The third-order valence-corrected chi connectivity index (χ3v) is 3.35. The third-order valence-electron chi connectivity index (χ3n) is 2.02. The molecule has 0 aliphatic heterocycles. The molecule has 0 spiro atoms. The number of benzene rings is 1. The van der Waals surface area contributed by atoms with Crippen molar-refractivity contribution in [3.05, 3.63) is 33.0 Å². The van der Waals surface area contributed by atoms with Gasteiger partial charge in [0.05, 0.1) is 11.7 Å². The molecule has 0 saturated carbocycles. The normalized spacial score (nSPS) is 12.5. The molecule has 2 rings (SSSR count). The van der Waals surface area contributed by atoms with E-state index in [0.29, 0.717) is 11.9 Å². The van der Waals surface area contributed by atoms with Crippen LogP contribution >= 0.6 is 31.9 Å². The Labute approximate surface area is 115 Å². The molecule has 1 heterocycles. The van der Waals surface area contributed by atoms with Crippen LogP contribution in [-0.4, -0.2) is 10.2 Å². The van der Waals surface area contributed by atoms with Crippen LogP contribution in [0.3, 0.4) is 0 Å². The molecule has 1 aromatic carbocycles. The summed E-state index contributed by atoms with van der Waals surface area (Å²) in [7, 11) is 0. The van der Waals surface area contributed by atoms with Gasteiger partial charge in [0, 0.05) is 8.95 Å². The van der Waals surface area contributed by atoms with Crippen molar-refractivity contribution in [2.45, 2.75) is 13.0 Å². The van der Waals surface area contributed by atoms with Gasteiger partial charge in [-0.05, 0) is 50.9 Å². The molecule has 1 atom stereocenters. The van der Waals surface area contributed by atoms with Crippen LogP contribution in [0.4, 0.5) is 11.7 Å². The summed E-state index contributed by atoms with van der Waals surface area (Å²) >= 11 is 6.87. The van der Waals surface area contributed by atoms with Crippen LogP contribution < -0.4 is 11.1 Å². The zero-order valence-corrected chi connectivity index (χ0v) is 12.1. The lowest BCUT2D eigenvalue weighted by Gasteiger charge is -2.06. The molecule has 0 aliphatic carbocycles. The average Bonchev–Trinajstić information content (AvgIpc) is 2.72. The minimum absolute atomic E-state index is 0.277. The van der Waals surface area contributed by atoms with E-state index in [4.69, 9.17) is 10.2 Å². The number of hydrogen-bond donors (Lipinski definition) is 2. The van der Waals surface area contributed by atoms with Crippen molar-refractivity contribution >= 4 is 43.6 Å². The monoisotopic (exact) mass is 360 g/mol. The van der Waals surface area contributed by atoms with Gasteiger partial charge in [0.15, 0.2) is 0 Å². The maximum absolute atomic E-state index is 5.64. The number of hydrogen-bond acceptors (Lipinski definition) is 5. The van der Waals surface area contributed by atoms with Crippen LogP contribution in [-0.2, 0) is 0 Å². The van der Waals surface area contributed by atoms with Gasteiger partial charge in [-0.2, -0.15) is 0 Å². The highest BCUT2D eigenvalue weighted by Gasteiger charge is 2.12. The Kier molecular flexibility index (Phi) is 3.80. The predicted molar refractivity (Wildman–Crippen MR) is 72.0 cm³/mol. The van der Waals surface area contributed by atoms with Gasteiger partial charge in [-0.1, -0.05) is 11.2 Å². The van der Waals surface area contributed by atoms with E-state index >= 15 is 0 Å². The fourth-order valence-corrected chi connectivity index (χ4v) is 2.39. The molecule has 0 amide bonds. The van der Waals surface area contributed by atoms with E-state index < -0.39 is 0 Å². The molecule has 1 aromatic heterocycles. The van der Waals surface area contributed by atoms with E-state index in [-0.39, 0.29) is 6.04 Å². The zero-order valence-electron chi connectivity index (χ0n) is 8.95. The SMILES string of the molecule is CC(N)c1nnc(Nc2c(Br)cccc2Br)o1. The van der Waals surface area contributed by atoms with Crippen molar-refractivity contribution in [1.82, 2.24) is 10.2 Å². The lowest BCUT2D eigenvalue weighted by Crippen LogP contribution is -2.04. The van der Waals surface area contributed by atoms with Crippen LogP contribution in [0, 0.1) is 0 Å². The first-order valence-corrected chi connectivity index (χ1v) is 6.46. The fraction of sp³-hybridized carbons (Fsp3) is 0.200. The molecule has 0 bridgehead atoms. The molecule has 0 saturated heterocycles. The second-order valence-corrected chi connectivity index (χ2v) is 5.16. The van der Waals surface area contributed by atoms with Crippen LogP contribution in [0.2, 0.25) is 0 Å². The standard InChI is InChI=1S/C10H10Br2N4O/c1-5(13)9-15-16-10(17-9)14-8-6(11)3-2-4-7(8)12/h2-5H,13H2,1H3,(H,14,16). The number of nitrogens with zero attached hydrogens (tertiary/aromatic N) is 2. The summed E-state index contributed by atoms with van der Waals surface area (Å²) in [5, 5.41) is 10.7. The van der Waals surface area contributed by atoms with Crippen molar-refractivity contribution < 1.29 is 4.42 Å². The van der Waals surface area contributed by atoms with Crippen LogP contribution in [0.15, 0.2) is 31.6 Å². The summed E-state index contributed by atoms with van der Waals surface area (Å²) in [6.45, 7) is 1.78. The predicted octanol–water partition coefficient (Wildman–Crippen LogP) is 3.36. The zero-order chi connectivity index (χ0) is 12.4. The van der Waals surface area contributed by atoms with E-state index in [9.17, 15) is 0 Å². The highest BCUT2D eigenvalue weighted by atomic mass is 79.9. The van der Waals surface area contributed by atoms with Crippen molar-refractivity contribution in [3.8, 4) is 0 Å². The molecule has 7 heteroatoms. The largest absolute Gasteiger partial charge is 0.406 e. The van der Waals surface area contributed by atoms with Crippen molar-refractivity contribution in [2.75, 3.05) is 5.32 Å². The van der Waals surface area contributed by atoms with Crippen molar-refractivity contribution in [2.24, 2.45) is 5.73 Å². The molecule has 3 N–H and O–H groups in total. The Balaban J connectivity index is 2.25. The van der Waals surface area contributed by atoms with E-state index in [1.165, 1.54) is 0 Å². The van der Waals surface area contributed by atoms with Crippen LogP contribution in [0.5, 0.6) is 0 Å². The minimum Gasteiger partial charge on any atom is -0.406 e. The molecule has 0 radical (unpaired) electrons. The number of para-hydroxylation sites is 1. The smallest absolute Gasteiger partial charge is 0.320 e. The Morgan fingerprint density at radius 1 is 1.29 bits per heavy atom. The molecule has 1 unspecified atom stereocenters. The van der Waals surface area contributed by atoms with E-state index in [2.05, 4.69) is 47.4 Å². The molecule has 17 heavy (non-hydrogen) atoms. The van der Waals surface area contributed by atoms with Gasteiger partial charge in [0.2, 0.25) is 5.89 Å². The molecule has 0 fully saturated rings. The molecular weight excluding hydrogens is 352 g/mol. The lowest BCUT2D eigenvalue weighted by molar-refractivity contribution is 0.475. The number of halogens is 2. The summed E-state index contributed by atoms with van der Waals surface area (Å²) in [6, 6.07) is 5.78. The first-order chi connectivity index (χ1) is 8.08. The average molecular weight is 362 g/mol. The summed E-state index contributed by atoms with van der Waals surface area (Å²) < 4.78 is 7.15. The second kappa shape index (κ2) is 5.16. The Bertz CT molecular complexity index is 507. The molecular formula is C10H10Br2N4O. The van der Waals surface area contributed by atoms with Crippen molar-refractivity contribution in [3.63, 3.8) is 0 Å². The van der Waals surface area contributed by atoms with Gasteiger partial charge < -0.3 is 15.5 Å². The van der Waals surface area contributed by atoms with Gasteiger partial charge in [-0.3, -0.25) is 0 Å². The highest BCUT2D eigenvalue weighted by Crippen LogP contribution is 2.32. The topological polar surface area (TPSA) is 77.0 Å². The van der Waals surface area contributed by atoms with Gasteiger partial charge in [0.1, 0.15) is 0 Å². The molecule has 0 aliphatic rings. The third kappa shape index (κ3) is 2.85. The first-order valence-electron chi connectivity index (χ1n) is 4.88. The number of nitrogens with two attached hydrogens (primary N) is 1. The minimum atomic E-state index is -0.277. The second-order valence-electron chi connectivity index (χ2n) is 3.46. The van der Waals surface area contributed by atoms with Gasteiger partial charge >= 0.3 is 6.01 Å². The van der Waals surface area contributed by atoms with Gasteiger partial charge in [-0.25, -0.2) is 0 Å².